The maximum atomic E-state index is 10.6. The molecule has 1 aliphatic rings. The molecule has 0 fully saturated rings. The molecule has 0 aliphatic carbocycles. The first-order valence-electron chi connectivity index (χ1n) is 10.0. The minimum absolute atomic E-state index is 0.431. The third-order valence-electron chi connectivity index (χ3n) is 4.60. The Bertz CT molecular complexity index is 949. The van der Waals surface area contributed by atoms with Crippen LogP contribution < -0.4 is 0 Å². The molecule has 0 amide bonds. The number of nitrogens with zero attached hydrogens (tertiary/aromatic N) is 3. The molecule has 3 heterocycles. The van der Waals surface area contributed by atoms with Crippen molar-refractivity contribution in [1.29, 1.82) is 0 Å². The van der Waals surface area contributed by atoms with Crippen molar-refractivity contribution in [1.82, 2.24) is 14.7 Å². The van der Waals surface area contributed by atoms with Gasteiger partial charge in [-0.05, 0) is 26.0 Å². The zero-order valence-electron chi connectivity index (χ0n) is 19.0. The van der Waals surface area contributed by atoms with Gasteiger partial charge in [-0.3, -0.25) is 9.58 Å². The van der Waals surface area contributed by atoms with Gasteiger partial charge in [0.15, 0.2) is 0 Å². The lowest BCUT2D eigenvalue weighted by molar-refractivity contribution is -0.193. The number of thiophene rings is 1. The Morgan fingerprint density at radius 2 is 1.69 bits per heavy atom. The number of carboxylic acid groups (broad SMARTS) is 2. The molecule has 198 valence electrons. The van der Waals surface area contributed by atoms with Crippen molar-refractivity contribution in [3.63, 3.8) is 0 Å². The van der Waals surface area contributed by atoms with Crippen molar-refractivity contribution in [2.75, 3.05) is 20.3 Å². The molecule has 2 N–H and O–H groups in total. The normalized spacial score (nSPS) is 15.9. The Kier molecular flexibility index (Phi) is 11.2. The maximum absolute atomic E-state index is 10.6. The summed E-state index contributed by atoms with van der Waals surface area (Å²) < 4.78 is 71.0. The zero-order chi connectivity index (χ0) is 27.0. The van der Waals surface area contributed by atoms with Crippen LogP contribution in [0.1, 0.15) is 33.9 Å². The number of rotatable bonds is 5. The van der Waals surface area contributed by atoms with Gasteiger partial charge in [0, 0.05) is 54.5 Å². The molecule has 0 saturated heterocycles. The highest BCUT2D eigenvalue weighted by atomic mass is 32.1. The third kappa shape index (κ3) is 9.85. The fourth-order valence-corrected chi connectivity index (χ4v) is 4.09. The number of alkyl halides is 6. The van der Waals surface area contributed by atoms with Gasteiger partial charge in [0.25, 0.3) is 0 Å². The average Bonchev–Trinajstić information content (AvgIpc) is 3.33. The van der Waals surface area contributed by atoms with Crippen LogP contribution in [0.2, 0.25) is 0 Å². The minimum Gasteiger partial charge on any atom is -0.475 e. The molecule has 0 aromatic carbocycles. The van der Waals surface area contributed by atoms with Gasteiger partial charge in [-0.15, -0.1) is 11.3 Å². The van der Waals surface area contributed by atoms with Crippen LogP contribution in [0.5, 0.6) is 0 Å². The largest absolute Gasteiger partial charge is 0.490 e. The van der Waals surface area contributed by atoms with E-state index in [0.717, 1.165) is 32.8 Å². The highest BCUT2D eigenvalue weighted by Crippen LogP contribution is 2.30. The lowest BCUT2D eigenvalue weighted by atomic mass is 9.95. The smallest absolute Gasteiger partial charge is 0.475 e. The molecule has 3 rings (SSSR count). The Morgan fingerprint density at radius 1 is 1.14 bits per heavy atom. The number of ether oxygens (including phenoxy) is 1. The molecule has 1 aliphatic heterocycles. The van der Waals surface area contributed by atoms with Crippen LogP contribution in [0.15, 0.2) is 18.3 Å². The van der Waals surface area contributed by atoms with E-state index >= 15 is 0 Å². The van der Waals surface area contributed by atoms with Gasteiger partial charge in [-0.2, -0.15) is 31.4 Å². The molecule has 0 radical (unpaired) electrons. The quantitative estimate of drug-likeness (QED) is 0.553. The topological polar surface area (TPSA) is 105 Å². The van der Waals surface area contributed by atoms with Gasteiger partial charge in [-0.25, -0.2) is 9.59 Å². The van der Waals surface area contributed by atoms with Crippen LogP contribution in [0.4, 0.5) is 26.3 Å². The maximum Gasteiger partial charge on any atom is 0.490 e. The van der Waals surface area contributed by atoms with Gasteiger partial charge >= 0.3 is 24.3 Å². The summed E-state index contributed by atoms with van der Waals surface area (Å²) in [4.78, 5) is 23.1. The van der Waals surface area contributed by atoms with Crippen molar-refractivity contribution in [3.8, 4) is 0 Å². The van der Waals surface area contributed by atoms with Gasteiger partial charge in [0.2, 0.25) is 0 Å². The SMILES string of the molecule is CCn1ncc2c1CN(Cc1ccc(C)s1)CC2COC.O=C(O)C(F)(F)F.O=C(O)C(F)(F)F. The van der Waals surface area contributed by atoms with Crippen molar-refractivity contribution in [2.45, 2.75) is 51.8 Å². The van der Waals surface area contributed by atoms with Gasteiger partial charge < -0.3 is 14.9 Å². The summed E-state index contributed by atoms with van der Waals surface area (Å²) in [5.74, 6) is -5.08. The summed E-state index contributed by atoms with van der Waals surface area (Å²) in [6, 6.07) is 4.45. The number of aliphatic carboxylic acids is 2. The minimum atomic E-state index is -5.08. The average molecular weight is 533 g/mol. The summed E-state index contributed by atoms with van der Waals surface area (Å²) >= 11 is 1.89. The van der Waals surface area contributed by atoms with Crippen LogP contribution in [0.3, 0.4) is 0 Å². The third-order valence-corrected chi connectivity index (χ3v) is 5.59. The molecule has 0 bridgehead atoms. The van der Waals surface area contributed by atoms with Crippen molar-refractivity contribution < 1.29 is 50.9 Å². The Labute approximate surface area is 200 Å². The molecular formula is C20H25F6N3O5S. The number of aryl methyl sites for hydroxylation is 2. The first-order chi connectivity index (χ1) is 16.1. The van der Waals surface area contributed by atoms with Crippen LogP contribution in [0, 0.1) is 6.92 Å². The summed E-state index contributed by atoms with van der Waals surface area (Å²) in [6.45, 7) is 9.08. The van der Waals surface area contributed by atoms with E-state index in [1.807, 2.05) is 17.5 Å². The molecule has 35 heavy (non-hydrogen) atoms. The van der Waals surface area contributed by atoms with Crippen LogP contribution in [-0.2, 0) is 34.0 Å². The fraction of sp³-hybridized carbons (Fsp3) is 0.550. The molecule has 8 nitrogen and oxygen atoms in total. The Morgan fingerprint density at radius 3 is 2.09 bits per heavy atom. The predicted molar refractivity (Wildman–Crippen MR) is 113 cm³/mol. The molecule has 2 aromatic rings. The molecule has 15 heteroatoms. The summed E-state index contributed by atoms with van der Waals surface area (Å²) in [6.07, 6.45) is -8.13. The fourth-order valence-electron chi connectivity index (χ4n) is 3.15. The number of carboxylic acids is 2. The van der Waals surface area contributed by atoms with Gasteiger partial charge in [0.05, 0.1) is 18.5 Å². The molecule has 0 spiro atoms. The number of carbonyl (C=O) groups is 2. The molecule has 1 unspecified atom stereocenters. The highest BCUT2D eigenvalue weighted by molar-refractivity contribution is 7.11. The van der Waals surface area contributed by atoms with Crippen molar-refractivity contribution in [2.24, 2.45) is 0 Å². The van der Waals surface area contributed by atoms with E-state index in [0.29, 0.717) is 5.92 Å². The lowest BCUT2D eigenvalue weighted by Gasteiger charge is -2.32. The highest BCUT2D eigenvalue weighted by Gasteiger charge is 2.38. The van der Waals surface area contributed by atoms with E-state index in [4.69, 9.17) is 24.5 Å². The van der Waals surface area contributed by atoms with E-state index in [1.165, 1.54) is 21.0 Å². The molecule has 0 saturated carbocycles. The number of methoxy groups -OCH3 is 1. The first-order valence-corrected chi connectivity index (χ1v) is 10.8. The first kappa shape index (κ1) is 30.4. The van der Waals surface area contributed by atoms with Crippen LogP contribution >= 0.6 is 11.3 Å². The van der Waals surface area contributed by atoms with Crippen molar-refractivity contribution >= 4 is 23.3 Å². The van der Waals surface area contributed by atoms with E-state index in [2.05, 4.69) is 40.7 Å². The number of halogens is 6. The second-order valence-corrected chi connectivity index (χ2v) is 8.67. The second-order valence-electron chi connectivity index (χ2n) is 7.30. The molecule has 1 atom stereocenters. The lowest BCUT2D eigenvalue weighted by Crippen LogP contribution is -2.35. The molecular weight excluding hydrogens is 508 g/mol. The predicted octanol–water partition coefficient (Wildman–Crippen LogP) is 4.29. The van der Waals surface area contributed by atoms with E-state index in [1.54, 1.807) is 7.11 Å². The second kappa shape index (κ2) is 12.9. The van der Waals surface area contributed by atoms with E-state index in [9.17, 15) is 26.3 Å². The van der Waals surface area contributed by atoms with Crippen LogP contribution in [0.25, 0.3) is 0 Å². The number of aromatic nitrogens is 2. The van der Waals surface area contributed by atoms with Crippen molar-refractivity contribution in [3.05, 3.63) is 39.3 Å². The van der Waals surface area contributed by atoms with E-state index in [-0.39, 0.29) is 0 Å². The molecule has 2 aromatic heterocycles. The number of hydrogen-bond acceptors (Lipinski definition) is 6. The Hall–Kier alpha value is -2.65. The zero-order valence-corrected chi connectivity index (χ0v) is 19.8. The number of fused-ring (bicyclic) bond motifs is 1. The van der Waals surface area contributed by atoms with Gasteiger partial charge in [-0.1, -0.05) is 0 Å². The monoisotopic (exact) mass is 533 g/mol. The van der Waals surface area contributed by atoms with Crippen LogP contribution in [-0.4, -0.2) is 69.4 Å². The summed E-state index contributed by atoms with van der Waals surface area (Å²) in [7, 11) is 1.78. The summed E-state index contributed by atoms with van der Waals surface area (Å²) in [5.41, 5.74) is 2.73. The summed E-state index contributed by atoms with van der Waals surface area (Å²) in [5, 5.41) is 18.8. The van der Waals surface area contributed by atoms with Gasteiger partial charge in [0.1, 0.15) is 0 Å². The van der Waals surface area contributed by atoms with E-state index < -0.39 is 24.3 Å². The number of hydrogen-bond donors (Lipinski definition) is 2. The standard InChI is InChI=1S/C16H23N3OS.2C2HF3O2/c1-4-19-16-10-18(9-14-6-5-12(2)21-14)8-13(11-20-3)15(16)7-17-19;2*3-2(4,5)1(6)7/h5-7,13H,4,8-11H2,1-3H3;2*(H,6,7). The Balaban J connectivity index is 0.000000362.